The molecule has 0 aromatic heterocycles. The standard InChI is InChI=1S/C16H27IO/c1-2-15(12-6-4-3-5-7-12)13-10-14(11-13)16(18)8-9-17/h8-9,12-16,18H,2-7,10-11H2,1H3. The van der Waals surface area contributed by atoms with Crippen LogP contribution < -0.4 is 0 Å². The second-order valence-electron chi connectivity index (χ2n) is 6.27. The molecule has 0 radical (unpaired) electrons. The van der Waals surface area contributed by atoms with Gasteiger partial charge in [0.2, 0.25) is 0 Å². The van der Waals surface area contributed by atoms with Crippen molar-refractivity contribution >= 4 is 22.6 Å². The van der Waals surface area contributed by atoms with E-state index >= 15 is 0 Å². The van der Waals surface area contributed by atoms with E-state index in [4.69, 9.17) is 0 Å². The Hall–Kier alpha value is 0.430. The molecule has 0 aromatic carbocycles. The molecular weight excluding hydrogens is 335 g/mol. The van der Waals surface area contributed by atoms with Crippen molar-refractivity contribution in [3.8, 4) is 0 Å². The molecule has 0 aromatic rings. The molecule has 0 heterocycles. The normalized spacial score (nSPS) is 33.3. The highest BCUT2D eigenvalue weighted by atomic mass is 127. The van der Waals surface area contributed by atoms with E-state index < -0.39 is 0 Å². The van der Waals surface area contributed by atoms with Gasteiger partial charge in [0.15, 0.2) is 0 Å². The van der Waals surface area contributed by atoms with Gasteiger partial charge in [-0.25, -0.2) is 0 Å². The zero-order valence-electron chi connectivity index (χ0n) is 11.5. The summed E-state index contributed by atoms with van der Waals surface area (Å²) in [6, 6.07) is 0. The smallest absolute Gasteiger partial charge is 0.0756 e. The molecule has 2 unspecified atom stereocenters. The van der Waals surface area contributed by atoms with E-state index in [9.17, 15) is 5.11 Å². The number of hydrogen-bond donors (Lipinski definition) is 1. The van der Waals surface area contributed by atoms with Crippen LogP contribution in [0.1, 0.15) is 58.3 Å². The number of halogens is 1. The maximum atomic E-state index is 9.96. The Bertz CT molecular complexity index is 264. The van der Waals surface area contributed by atoms with Gasteiger partial charge in [-0.2, -0.15) is 0 Å². The first-order valence-electron chi connectivity index (χ1n) is 7.71. The first kappa shape index (κ1) is 14.8. The molecule has 2 heteroatoms. The van der Waals surface area contributed by atoms with Gasteiger partial charge in [-0.05, 0) is 46.7 Å². The van der Waals surface area contributed by atoms with Gasteiger partial charge < -0.3 is 5.11 Å². The Morgan fingerprint density at radius 3 is 2.33 bits per heavy atom. The lowest BCUT2D eigenvalue weighted by atomic mass is 9.61. The highest BCUT2D eigenvalue weighted by molar-refractivity contribution is 14.1. The largest absolute Gasteiger partial charge is 0.389 e. The summed E-state index contributed by atoms with van der Waals surface area (Å²) in [6.45, 7) is 2.37. The van der Waals surface area contributed by atoms with E-state index in [1.165, 1.54) is 51.4 Å². The Balaban J connectivity index is 1.81. The fraction of sp³-hybridized carbons (Fsp3) is 0.875. The second kappa shape index (κ2) is 7.28. The zero-order chi connectivity index (χ0) is 13.0. The van der Waals surface area contributed by atoms with Crippen LogP contribution in [0.3, 0.4) is 0 Å². The van der Waals surface area contributed by atoms with Gasteiger partial charge in [0, 0.05) is 0 Å². The zero-order valence-corrected chi connectivity index (χ0v) is 13.7. The Morgan fingerprint density at radius 2 is 1.78 bits per heavy atom. The Morgan fingerprint density at radius 1 is 1.11 bits per heavy atom. The Labute approximate surface area is 126 Å². The summed E-state index contributed by atoms with van der Waals surface area (Å²) in [7, 11) is 0. The molecule has 2 fully saturated rings. The molecule has 0 bridgehead atoms. The van der Waals surface area contributed by atoms with Gasteiger partial charge in [-0.15, -0.1) is 0 Å². The van der Waals surface area contributed by atoms with Crippen molar-refractivity contribution < 1.29 is 5.11 Å². The van der Waals surface area contributed by atoms with Crippen molar-refractivity contribution in [2.75, 3.05) is 0 Å². The van der Waals surface area contributed by atoms with Crippen LogP contribution in [-0.4, -0.2) is 11.2 Å². The SMILES string of the molecule is CCC(C1CCCCC1)C1CC(C(O)C=CI)C1. The summed E-state index contributed by atoms with van der Waals surface area (Å²) in [4.78, 5) is 0. The van der Waals surface area contributed by atoms with Crippen molar-refractivity contribution in [2.24, 2.45) is 23.7 Å². The molecule has 2 aliphatic rings. The molecule has 1 N–H and O–H groups in total. The third-order valence-corrected chi connectivity index (χ3v) is 5.71. The molecule has 2 aliphatic carbocycles. The Kier molecular flexibility index (Phi) is 5.99. The van der Waals surface area contributed by atoms with E-state index in [-0.39, 0.29) is 6.10 Å². The van der Waals surface area contributed by atoms with E-state index in [1.807, 2.05) is 10.2 Å². The number of aliphatic hydroxyl groups is 1. The predicted molar refractivity (Wildman–Crippen MR) is 85.7 cm³/mol. The van der Waals surface area contributed by atoms with E-state index in [1.54, 1.807) is 0 Å². The highest BCUT2D eigenvalue weighted by Gasteiger charge is 2.40. The van der Waals surface area contributed by atoms with Crippen LogP contribution in [0.5, 0.6) is 0 Å². The van der Waals surface area contributed by atoms with Crippen molar-refractivity contribution in [3.63, 3.8) is 0 Å². The van der Waals surface area contributed by atoms with Crippen molar-refractivity contribution in [3.05, 3.63) is 10.2 Å². The highest BCUT2D eigenvalue weighted by Crippen LogP contribution is 2.47. The molecule has 0 spiro atoms. The lowest BCUT2D eigenvalue weighted by Crippen LogP contribution is -2.39. The van der Waals surface area contributed by atoms with Crippen LogP contribution in [0.15, 0.2) is 10.2 Å². The van der Waals surface area contributed by atoms with E-state index in [0.717, 1.165) is 17.8 Å². The summed E-state index contributed by atoms with van der Waals surface area (Å²) in [5.41, 5.74) is 0. The first-order valence-corrected chi connectivity index (χ1v) is 8.95. The fourth-order valence-corrected chi connectivity index (χ4v) is 4.61. The third-order valence-electron chi connectivity index (χ3n) is 5.30. The van der Waals surface area contributed by atoms with Gasteiger partial charge in [0.1, 0.15) is 0 Å². The topological polar surface area (TPSA) is 20.2 Å². The van der Waals surface area contributed by atoms with Crippen LogP contribution in [0.25, 0.3) is 0 Å². The van der Waals surface area contributed by atoms with Crippen molar-refractivity contribution in [1.82, 2.24) is 0 Å². The van der Waals surface area contributed by atoms with Crippen LogP contribution in [0, 0.1) is 23.7 Å². The number of rotatable bonds is 5. The molecule has 18 heavy (non-hydrogen) atoms. The minimum Gasteiger partial charge on any atom is -0.389 e. The predicted octanol–water partition coefficient (Wildman–Crippen LogP) is 4.93. The monoisotopic (exact) mass is 362 g/mol. The molecule has 0 saturated heterocycles. The minimum absolute atomic E-state index is 0.193. The summed E-state index contributed by atoms with van der Waals surface area (Å²) in [5, 5.41) is 9.96. The van der Waals surface area contributed by atoms with Crippen LogP contribution in [0.2, 0.25) is 0 Å². The third kappa shape index (κ3) is 3.50. The van der Waals surface area contributed by atoms with Gasteiger partial charge >= 0.3 is 0 Å². The molecule has 1 nitrogen and oxygen atoms in total. The van der Waals surface area contributed by atoms with Crippen LogP contribution in [0.4, 0.5) is 0 Å². The molecule has 2 rings (SSSR count). The number of aliphatic hydroxyl groups excluding tert-OH is 1. The van der Waals surface area contributed by atoms with Gasteiger partial charge in [0.25, 0.3) is 0 Å². The summed E-state index contributed by atoms with van der Waals surface area (Å²) in [5.74, 6) is 3.38. The molecule has 2 atom stereocenters. The molecule has 0 aliphatic heterocycles. The number of hydrogen-bond acceptors (Lipinski definition) is 1. The average Bonchev–Trinajstić information content (AvgIpc) is 2.34. The molecule has 0 amide bonds. The maximum absolute atomic E-state index is 9.96. The van der Waals surface area contributed by atoms with Crippen LogP contribution in [-0.2, 0) is 0 Å². The fourth-order valence-electron chi connectivity index (χ4n) is 4.18. The minimum atomic E-state index is -0.193. The molecule has 2 saturated carbocycles. The van der Waals surface area contributed by atoms with Crippen molar-refractivity contribution in [2.45, 2.75) is 64.4 Å². The van der Waals surface area contributed by atoms with Gasteiger partial charge in [-0.1, -0.05) is 68.0 Å². The van der Waals surface area contributed by atoms with E-state index in [0.29, 0.717) is 5.92 Å². The quantitative estimate of drug-likeness (QED) is 0.688. The summed E-state index contributed by atoms with van der Waals surface area (Å²) >= 11 is 2.20. The summed E-state index contributed by atoms with van der Waals surface area (Å²) in [6.07, 6.45) is 12.9. The maximum Gasteiger partial charge on any atom is 0.0756 e. The summed E-state index contributed by atoms with van der Waals surface area (Å²) < 4.78 is 1.95. The molecule has 104 valence electrons. The second-order valence-corrected chi connectivity index (χ2v) is 6.99. The van der Waals surface area contributed by atoms with Gasteiger partial charge in [0.05, 0.1) is 6.10 Å². The first-order chi connectivity index (χ1) is 8.76. The lowest BCUT2D eigenvalue weighted by Gasteiger charge is -2.45. The molecular formula is C16H27IO. The van der Waals surface area contributed by atoms with E-state index in [2.05, 4.69) is 29.5 Å². The lowest BCUT2D eigenvalue weighted by molar-refractivity contribution is 0.00778. The van der Waals surface area contributed by atoms with Crippen LogP contribution >= 0.6 is 22.6 Å². The average molecular weight is 362 g/mol. The van der Waals surface area contributed by atoms with Gasteiger partial charge in [-0.3, -0.25) is 0 Å². The van der Waals surface area contributed by atoms with Crippen molar-refractivity contribution in [1.29, 1.82) is 0 Å².